The van der Waals surface area contributed by atoms with Gasteiger partial charge in [0.2, 0.25) is 11.8 Å². The summed E-state index contributed by atoms with van der Waals surface area (Å²) >= 11 is 0. The van der Waals surface area contributed by atoms with Gasteiger partial charge in [-0.3, -0.25) is 9.69 Å². The quantitative estimate of drug-likeness (QED) is 0.859. The molecule has 2 unspecified atom stereocenters. The van der Waals surface area contributed by atoms with E-state index in [2.05, 4.69) is 35.6 Å². The van der Waals surface area contributed by atoms with Crippen LogP contribution in [0.15, 0.2) is 10.6 Å². The number of carbonyl (C=O) groups is 1. The zero-order chi connectivity index (χ0) is 16.6. The van der Waals surface area contributed by atoms with Crippen LogP contribution in [0.2, 0.25) is 0 Å². The van der Waals surface area contributed by atoms with Crippen molar-refractivity contribution in [1.82, 2.24) is 14.8 Å². The number of oxazole rings is 1. The van der Waals surface area contributed by atoms with Crippen molar-refractivity contribution in [2.75, 3.05) is 13.1 Å². The van der Waals surface area contributed by atoms with Crippen LogP contribution in [0, 0.1) is 0 Å². The number of nitrogens with zero attached hydrogens (tertiary/aromatic N) is 3. The molecule has 128 valence electrons. The van der Waals surface area contributed by atoms with Crippen LogP contribution < -0.4 is 0 Å². The number of rotatable bonds is 3. The molecule has 2 atom stereocenters. The first-order valence-corrected chi connectivity index (χ1v) is 8.82. The van der Waals surface area contributed by atoms with Crippen LogP contribution in [-0.2, 0) is 16.8 Å². The minimum absolute atomic E-state index is 0.00740. The molecule has 0 radical (unpaired) electrons. The minimum atomic E-state index is -0.00740. The molecule has 1 aromatic rings. The molecule has 0 aliphatic carbocycles. The SMILES string of the molecule is CC(=O)N1CCCC1C1CCCN1Cc1ncc(C(C)(C)C)o1. The number of amides is 1. The zero-order valence-corrected chi connectivity index (χ0v) is 14.8. The second-order valence-corrected chi connectivity index (χ2v) is 7.97. The van der Waals surface area contributed by atoms with E-state index in [1.54, 1.807) is 6.92 Å². The average molecular weight is 319 g/mol. The highest BCUT2D eigenvalue weighted by atomic mass is 16.4. The predicted molar refractivity (Wildman–Crippen MR) is 89.0 cm³/mol. The van der Waals surface area contributed by atoms with Crippen molar-refractivity contribution in [3.8, 4) is 0 Å². The summed E-state index contributed by atoms with van der Waals surface area (Å²) in [6.07, 6.45) is 6.47. The Morgan fingerprint density at radius 2 is 1.96 bits per heavy atom. The highest BCUT2D eigenvalue weighted by Crippen LogP contribution is 2.31. The lowest BCUT2D eigenvalue weighted by molar-refractivity contribution is -0.130. The minimum Gasteiger partial charge on any atom is -0.444 e. The average Bonchev–Trinajstić information content (AvgIpc) is 3.16. The van der Waals surface area contributed by atoms with Gasteiger partial charge in [0.15, 0.2) is 0 Å². The molecule has 2 saturated heterocycles. The summed E-state index contributed by atoms with van der Waals surface area (Å²) in [6, 6.07) is 0.818. The van der Waals surface area contributed by atoms with E-state index in [1.165, 1.54) is 12.8 Å². The topological polar surface area (TPSA) is 49.6 Å². The van der Waals surface area contributed by atoms with Gasteiger partial charge in [0.25, 0.3) is 0 Å². The number of hydrogen-bond acceptors (Lipinski definition) is 4. The second kappa shape index (κ2) is 6.27. The Hall–Kier alpha value is -1.36. The summed E-state index contributed by atoms with van der Waals surface area (Å²) in [5.74, 6) is 1.95. The Morgan fingerprint density at radius 3 is 2.61 bits per heavy atom. The largest absolute Gasteiger partial charge is 0.444 e. The molecular formula is C18H29N3O2. The predicted octanol–water partition coefficient (Wildman–Crippen LogP) is 2.95. The molecule has 0 aromatic carbocycles. The first kappa shape index (κ1) is 16.5. The maximum absolute atomic E-state index is 11.9. The monoisotopic (exact) mass is 319 g/mol. The molecule has 0 bridgehead atoms. The van der Waals surface area contributed by atoms with E-state index < -0.39 is 0 Å². The Kier molecular flexibility index (Phi) is 4.50. The van der Waals surface area contributed by atoms with E-state index in [1.807, 2.05) is 6.20 Å². The molecule has 1 aromatic heterocycles. The van der Waals surface area contributed by atoms with Crippen LogP contribution >= 0.6 is 0 Å². The van der Waals surface area contributed by atoms with Gasteiger partial charge in [0.1, 0.15) is 5.76 Å². The number of carbonyl (C=O) groups excluding carboxylic acids is 1. The third kappa shape index (κ3) is 3.44. The lowest BCUT2D eigenvalue weighted by Crippen LogP contribution is -2.47. The van der Waals surface area contributed by atoms with Gasteiger partial charge in [0.05, 0.1) is 12.7 Å². The Balaban J connectivity index is 1.70. The molecule has 2 aliphatic rings. The van der Waals surface area contributed by atoms with E-state index in [0.29, 0.717) is 12.1 Å². The zero-order valence-electron chi connectivity index (χ0n) is 14.8. The van der Waals surface area contributed by atoms with Gasteiger partial charge in [-0.05, 0) is 32.2 Å². The third-order valence-corrected chi connectivity index (χ3v) is 5.19. The normalized spacial score (nSPS) is 26.2. The van der Waals surface area contributed by atoms with Crippen molar-refractivity contribution in [3.63, 3.8) is 0 Å². The highest BCUT2D eigenvalue weighted by Gasteiger charge is 2.39. The summed E-state index contributed by atoms with van der Waals surface area (Å²) in [5, 5.41) is 0. The van der Waals surface area contributed by atoms with E-state index >= 15 is 0 Å². The van der Waals surface area contributed by atoms with Crippen LogP contribution in [0.1, 0.15) is 65.0 Å². The Morgan fingerprint density at radius 1 is 1.26 bits per heavy atom. The van der Waals surface area contributed by atoms with Gasteiger partial charge in [-0.2, -0.15) is 0 Å². The molecule has 2 fully saturated rings. The van der Waals surface area contributed by atoms with Gasteiger partial charge in [-0.1, -0.05) is 20.8 Å². The number of hydrogen-bond donors (Lipinski definition) is 0. The standard InChI is InChI=1S/C18H29N3O2/c1-13(22)21-10-6-8-15(21)14-7-5-9-20(14)12-17-19-11-16(23-17)18(2,3)4/h11,14-15H,5-10,12H2,1-4H3. The number of aromatic nitrogens is 1. The van der Waals surface area contributed by atoms with Crippen molar-refractivity contribution in [2.45, 2.75) is 77.4 Å². The van der Waals surface area contributed by atoms with E-state index in [4.69, 9.17) is 4.42 Å². The van der Waals surface area contributed by atoms with Crippen LogP contribution in [0.5, 0.6) is 0 Å². The molecule has 2 aliphatic heterocycles. The first-order valence-electron chi connectivity index (χ1n) is 8.82. The van der Waals surface area contributed by atoms with Crippen molar-refractivity contribution in [2.24, 2.45) is 0 Å². The Bertz CT molecular complexity index is 561. The van der Waals surface area contributed by atoms with Crippen LogP contribution in [0.3, 0.4) is 0 Å². The summed E-state index contributed by atoms with van der Waals surface area (Å²) in [6.45, 7) is 10.8. The molecule has 3 rings (SSSR count). The first-order chi connectivity index (χ1) is 10.9. The van der Waals surface area contributed by atoms with Gasteiger partial charge < -0.3 is 9.32 Å². The summed E-state index contributed by atoms with van der Waals surface area (Å²) < 4.78 is 5.96. The van der Waals surface area contributed by atoms with Crippen molar-refractivity contribution in [1.29, 1.82) is 0 Å². The van der Waals surface area contributed by atoms with Crippen molar-refractivity contribution < 1.29 is 9.21 Å². The molecule has 1 amide bonds. The number of likely N-dealkylation sites (tertiary alicyclic amines) is 2. The fourth-order valence-electron chi connectivity index (χ4n) is 3.97. The van der Waals surface area contributed by atoms with Gasteiger partial charge in [0, 0.05) is 31.0 Å². The third-order valence-electron chi connectivity index (χ3n) is 5.19. The molecule has 5 nitrogen and oxygen atoms in total. The van der Waals surface area contributed by atoms with E-state index in [-0.39, 0.29) is 11.3 Å². The lowest BCUT2D eigenvalue weighted by Gasteiger charge is -2.34. The highest BCUT2D eigenvalue weighted by molar-refractivity contribution is 5.74. The fourth-order valence-corrected chi connectivity index (χ4v) is 3.97. The molecule has 0 spiro atoms. The molecule has 23 heavy (non-hydrogen) atoms. The van der Waals surface area contributed by atoms with E-state index in [9.17, 15) is 4.79 Å². The van der Waals surface area contributed by atoms with Crippen LogP contribution in [0.25, 0.3) is 0 Å². The van der Waals surface area contributed by atoms with E-state index in [0.717, 1.165) is 44.1 Å². The summed E-state index contributed by atoms with van der Waals surface area (Å²) in [4.78, 5) is 20.9. The summed E-state index contributed by atoms with van der Waals surface area (Å²) in [5.41, 5.74) is -0.00740. The van der Waals surface area contributed by atoms with Gasteiger partial charge in [-0.15, -0.1) is 0 Å². The molecule has 0 saturated carbocycles. The molecular weight excluding hydrogens is 290 g/mol. The van der Waals surface area contributed by atoms with Gasteiger partial charge >= 0.3 is 0 Å². The van der Waals surface area contributed by atoms with Crippen LogP contribution in [0.4, 0.5) is 0 Å². The smallest absolute Gasteiger partial charge is 0.219 e. The van der Waals surface area contributed by atoms with Gasteiger partial charge in [-0.25, -0.2) is 4.98 Å². The maximum atomic E-state index is 11.9. The molecule has 3 heterocycles. The maximum Gasteiger partial charge on any atom is 0.219 e. The summed E-state index contributed by atoms with van der Waals surface area (Å²) in [7, 11) is 0. The van der Waals surface area contributed by atoms with Crippen molar-refractivity contribution >= 4 is 5.91 Å². The second-order valence-electron chi connectivity index (χ2n) is 7.97. The molecule has 5 heteroatoms. The Labute approximate surface area is 139 Å². The lowest BCUT2D eigenvalue weighted by atomic mass is 9.94. The fraction of sp³-hybridized carbons (Fsp3) is 0.778. The van der Waals surface area contributed by atoms with Crippen LogP contribution in [-0.4, -0.2) is 45.9 Å². The van der Waals surface area contributed by atoms with Crippen molar-refractivity contribution in [3.05, 3.63) is 17.8 Å². The molecule has 0 N–H and O–H groups in total.